The normalized spacial score (nSPS) is 16.9. The van der Waals surface area contributed by atoms with E-state index in [1.165, 1.54) is 4.90 Å². The lowest BCUT2D eigenvalue weighted by molar-refractivity contribution is -0.142. The number of nitrogens with one attached hydrogen (secondary N) is 2. The summed E-state index contributed by atoms with van der Waals surface area (Å²) < 4.78 is 27.1. The Balaban J connectivity index is 1.92. The second-order valence-electron chi connectivity index (χ2n) is 7.76. The van der Waals surface area contributed by atoms with Gasteiger partial charge in [-0.2, -0.15) is 0 Å². The molecule has 1 saturated heterocycles. The van der Waals surface area contributed by atoms with Crippen molar-refractivity contribution in [1.82, 2.24) is 9.62 Å². The molecule has 1 aliphatic rings. The highest BCUT2D eigenvalue weighted by Crippen LogP contribution is 2.19. The van der Waals surface area contributed by atoms with Gasteiger partial charge in [-0.05, 0) is 51.0 Å². The number of nitrogens with zero attached hydrogens (tertiary/aromatic N) is 2. The summed E-state index contributed by atoms with van der Waals surface area (Å²) in [6.07, 6.45) is 2.54. The van der Waals surface area contributed by atoms with Crippen molar-refractivity contribution in [3.63, 3.8) is 0 Å². The van der Waals surface area contributed by atoms with Gasteiger partial charge in [0.2, 0.25) is 10.0 Å². The third-order valence-corrected chi connectivity index (χ3v) is 6.94. The van der Waals surface area contributed by atoms with Gasteiger partial charge in [0.25, 0.3) is 0 Å². The second-order valence-corrected chi connectivity index (χ2v) is 9.75. The molecule has 0 aliphatic carbocycles. The minimum absolute atomic E-state index is 0.0233. The van der Waals surface area contributed by atoms with Crippen LogP contribution in [0.2, 0.25) is 0 Å². The number of carbonyl (C=O) groups excluding carboxylic acids is 2. The highest BCUT2D eigenvalue weighted by atomic mass is 32.2. The largest absolute Gasteiger partial charge is 0.375 e. The monoisotopic (exact) mass is 424 g/mol. The van der Waals surface area contributed by atoms with E-state index in [4.69, 9.17) is 0 Å². The zero-order valence-electron chi connectivity index (χ0n) is 17.6. The summed E-state index contributed by atoms with van der Waals surface area (Å²) in [7, 11) is -1.50. The smallest absolute Gasteiger partial charge is 0.313 e. The van der Waals surface area contributed by atoms with E-state index in [-0.39, 0.29) is 19.1 Å². The minimum atomic E-state index is -3.51. The average molecular weight is 425 g/mol. The summed E-state index contributed by atoms with van der Waals surface area (Å²) >= 11 is 0. The van der Waals surface area contributed by atoms with E-state index in [1.54, 1.807) is 26.0 Å². The maximum atomic E-state index is 12.4. The molecule has 2 N–H and O–H groups in total. The van der Waals surface area contributed by atoms with Crippen molar-refractivity contribution in [3.8, 4) is 0 Å². The lowest BCUT2D eigenvalue weighted by atomic mass is 10.2. The van der Waals surface area contributed by atoms with Crippen LogP contribution in [0.3, 0.4) is 0 Å². The van der Waals surface area contributed by atoms with Gasteiger partial charge in [-0.3, -0.25) is 9.59 Å². The van der Waals surface area contributed by atoms with Gasteiger partial charge in [0.1, 0.15) is 0 Å². The number of unbranched alkanes of at least 4 members (excludes halogenated alkanes) is 1. The van der Waals surface area contributed by atoms with Crippen LogP contribution < -0.4 is 14.9 Å². The molecule has 9 heteroatoms. The molecular weight excluding hydrogens is 392 g/mol. The molecule has 1 heterocycles. The van der Waals surface area contributed by atoms with E-state index in [9.17, 15) is 18.0 Å². The Morgan fingerprint density at radius 1 is 1.24 bits per heavy atom. The molecule has 162 valence electrons. The zero-order chi connectivity index (χ0) is 21.6. The van der Waals surface area contributed by atoms with E-state index in [1.807, 2.05) is 19.2 Å². The Morgan fingerprint density at radius 2 is 1.90 bits per heavy atom. The number of likely N-dealkylation sites (tertiary alicyclic amines) is 1. The summed E-state index contributed by atoms with van der Waals surface area (Å²) in [5.74, 6) is -1.47. The van der Waals surface area contributed by atoms with E-state index >= 15 is 0 Å². The summed E-state index contributed by atoms with van der Waals surface area (Å²) in [5, 5.41) is 1.91. The van der Waals surface area contributed by atoms with Crippen molar-refractivity contribution in [2.24, 2.45) is 0 Å². The fourth-order valence-electron chi connectivity index (χ4n) is 3.24. The highest BCUT2D eigenvalue weighted by molar-refractivity contribution is 7.90. The van der Waals surface area contributed by atoms with Crippen LogP contribution in [-0.2, 0) is 19.6 Å². The first-order chi connectivity index (χ1) is 13.6. The van der Waals surface area contributed by atoms with Crippen LogP contribution in [0.5, 0.6) is 0 Å². The molecule has 1 unspecified atom stereocenters. The highest BCUT2D eigenvalue weighted by Gasteiger charge is 2.37. The number of rotatable bonds is 8. The van der Waals surface area contributed by atoms with Crippen molar-refractivity contribution < 1.29 is 18.0 Å². The molecule has 2 rings (SSSR count). The summed E-state index contributed by atoms with van der Waals surface area (Å²) in [4.78, 5) is 28.2. The second kappa shape index (κ2) is 10.1. The fourth-order valence-corrected chi connectivity index (χ4v) is 4.88. The molecule has 1 fully saturated rings. The lowest BCUT2D eigenvalue weighted by Gasteiger charge is -2.19. The molecule has 1 aliphatic heterocycles. The SMILES string of the molecule is CCCCN(C)c1ccc(NC(=O)C(=O)N2CCC(S(=O)(=O)NC(C)C)C2)cc1. The molecule has 1 atom stereocenters. The molecule has 0 saturated carbocycles. The molecule has 0 radical (unpaired) electrons. The van der Waals surface area contributed by atoms with Gasteiger partial charge in [-0.15, -0.1) is 0 Å². The predicted octanol–water partition coefficient (Wildman–Crippen LogP) is 1.79. The Bertz CT molecular complexity index is 808. The van der Waals surface area contributed by atoms with Gasteiger partial charge < -0.3 is 15.1 Å². The molecular formula is C20H32N4O4S. The predicted molar refractivity (Wildman–Crippen MR) is 115 cm³/mol. The Kier molecular flexibility index (Phi) is 8.04. The number of carbonyl (C=O) groups is 2. The molecule has 8 nitrogen and oxygen atoms in total. The number of benzene rings is 1. The molecule has 0 spiro atoms. The first-order valence-electron chi connectivity index (χ1n) is 10.1. The van der Waals surface area contributed by atoms with Crippen molar-refractivity contribution in [3.05, 3.63) is 24.3 Å². The van der Waals surface area contributed by atoms with Crippen molar-refractivity contribution >= 4 is 33.2 Å². The summed E-state index contributed by atoms with van der Waals surface area (Å²) in [5.41, 5.74) is 1.56. The number of sulfonamides is 1. The fraction of sp³-hybridized carbons (Fsp3) is 0.600. The van der Waals surface area contributed by atoms with E-state index < -0.39 is 27.1 Å². The molecule has 0 bridgehead atoms. The van der Waals surface area contributed by atoms with Gasteiger partial charge in [-0.1, -0.05) is 13.3 Å². The average Bonchev–Trinajstić information content (AvgIpc) is 3.16. The van der Waals surface area contributed by atoms with Gasteiger partial charge in [0.05, 0.1) is 5.25 Å². The molecule has 0 aromatic heterocycles. The van der Waals surface area contributed by atoms with E-state index in [0.717, 1.165) is 25.1 Å². The van der Waals surface area contributed by atoms with Crippen LogP contribution in [0.15, 0.2) is 24.3 Å². The molecule has 2 amide bonds. The van der Waals surface area contributed by atoms with Crippen LogP contribution in [0.4, 0.5) is 11.4 Å². The maximum Gasteiger partial charge on any atom is 0.313 e. The van der Waals surface area contributed by atoms with Crippen LogP contribution in [0, 0.1) is 0 Å². The number of anilines is 2. The minimum Gasteiger partial charge on any atom is -0.375 e. The third-order valence-electron chi connectivity index (χ3n) is 4.88. The number of hydrogen-bond acceptors (Lipinski definition) is 5. The van der Waals surface area contributed by atoms with Gasteiger partial charge >= 0.3 is 11.8 Å². The van der Waals surface area contributed by atoms with Crippen molar-refractivity contribution in [2.75, 3.05) is 36.9 Å². The molecule has 1 aromatic carbocycles. The van der Waals surface area contributed by atoms with E-state index in [2.05, 4.69) is 21.9 Å². The van der Waals surface area contributed by atoms with E-state index in [0.29, 0.717) is 12.1 Å². The Hall–Kier alpha value is -2.13. The Morgan fingerprint density at radius 3 is 2.48 bits per heavy atom. The van der Waals surface area contributed by atoms with Crippen LogP contribution >= 0.6 is 0 Å². The van der Waals surface area contributed by atoms with Crippen LogP contribution in [0.25, 0.3) is 0 Å². The van der Waals surface area contributed by atoms with Crippen molar-refractivity contribution in [2.45, 2.75) is 51.3 Å². The third kappa shape index (κ3) is 6.43. The number of hydrogen-bond donors (Lipinski definition) is 2. The van der Waals surface area contributed by atoms with Gasteiger partial charge in [0.15, 0.2) is 0 Å². The first-order valence-corrected chi connectivity index (χ1v) is 11.6. The summed E-state index contributed by atoms with van der Waals surface area (Å²) in [6, 6.07) is 7.09. The number of amides is 2. The van der Waals surface area contributed by atoms with Crippen LogP contribution in [0.1, 0.15) is 40.0 Å². The van der Waals surface area contributed by atoms with Crippen LogP contribution in [-0.4, -0.2) is 63.1 Å². The topological polar surface area (TPSA) is 98.8 Å². The first kappa shape index (κ1) is 23.2. The van der Waals surface area contributed by atoms with Gasteiger partial charge in [0, 0.05) is 44.1 Å². The van der Waals surface area contributed by atoms with Gasteiger partial charge in [-0.25, -0.2) is 13.1 Å². The summed E-state index contributed by atoms with van der Waals surface area (Å²) in [6.45, 7) is 6.85. The lowest BCUT2D eigenvalue weighted by Crippen LogP contribution is -2.42. The molecule has 29 heavy (non-hydrogen) atoms. The standard InChI is InChI=1S/C20H32N4O4S/c1-5-6-12-23(4)17-9-7-16(8-10-17)21-19(25)20(26)24-13-11-18(14-24)29(27,28)22-15(2)3/h7-10,15,18,22H,5-6,11-14H2,1-4H3,(H,21,25). The maximum absolute atomic E-state index is 12.4. The Labute approximate surface area is 173 Å². The zero-order valence-corrected chi connectivity index (χ0v) is 18.5. The molecule has 1 aromatic rings. The van der Waals surface area contributed by atoms with Crippen molar-refractivity contribution in [1.29, 1.82) is 0 Å². The quantitative estimate of drug-likeness (QED) is 0.620.